The van der Waals surface area contributed by atoms with Crippen LogP contribution in [0.5, 0.6) is 0 Å². The molecule has 0 radical (unpaired) electrons. The molecule has 0 fully saturated rings. The van der Waals surface area contributed by atoms with Crippen LogP contribution in [0.1, 0.15) is 31.2 Å². The Bertz CT molecular complexity index is 1130. The van der Waals surface area contributed by atoms with Crippen LogP contribution in [0.3, 0.4) is 0 Å². The Morgan fingerprint density at radius 2 is 1.74 bits per heavy atom. The second-order valence-corrected chi connectivity index (χ2v) is 8.71. The van der Waals surface area contributed by atoms with Crippen molar-refractivity contribution in [2.75, 3.05) is 0 Å². The van der Waals surface area contributed by atoms with Gasteiger partial charge in [0.15, 0.2) is 0 Å². The number of sulfone groups is 1. The molecule has 0 atom stereocenters. The van der Waals surface area contributed by atoms with Crippen LogP contribution >= 0.6 is 11.3 Å². The molecular weight excluding hydrogens is 382 g/mol. The first-order chi connectivity index (χ1) is 12.8. The van der Waals surface area contributed by atoms with Gasteiger partial charge in [-0.15, -0.1) is 11.3 Å². The lowest BCUT2D eigenvalue weighted by atomic mass is 10.0. The van der Waals surface area contributed by atoms with Crippen molar-refractivity contribution in [3.8, 4) is 0 Å². The molecule has 0 aliphatic carbocycles. The van der Waals surface area contributed by atoms with Crippen molar-refractivity contribution in [1.29, 1.82) is 5.41 Å². The van der Waals surface area contributed by atoms with Gasteiger partial charge in [-0.1, -0.05) is 29.8 Å². The number of hydrogen-bond acceptors (Lipinski definition) is 6. The normalized spacial score (nSPS) is 11.1. The summed E-state index contributed by atoms with van der Waals surface area (Å²) in [6.45, 7) is 1.83. The van der Waals surface area contributed by atoms with Crippen LogP contribution in [-0.2, 0) is 9.84 Å². The van der Waals surface area contributed by atoms with E-state index in [-0.39, 0.29) is 26.7 Å². The molecule has 0 saturated heterocycles. The lowest BCUT2D eigenvalue weighted by molar-refractivity contribution is 0.103. The summed E-state index contributed by atoms with van der Waals surface area (Å²) < 4.78 is 26.2. The number of carbonyl (C=O) groups excluding carboxylic acids is 2. The Labute approximate surface area is 160 Å². The number of benzene rings is 2. The van der Waals surface area contributed by atoms with Crippen molar-refractivity contribution in [1.82, 2.24) is 0 Å². The van der Waals surface area contributed by atoms with E-state index in [4.69, 9.17) is 5.41 Å². The lowest BCUT2D eigenvalue weighted by Gasteiger charge is -2.11. The van der Waals surface area contributed by atoms with Crippen molar-refractivity contribution in [2.24, 2.45) is 0 Å². The maximum absolute atomic E-state index is 13.1. The summed E-state index contributed by atoms with van der Waals surface area (Å²) in [6, 6.07) is 13.5. The third kappa shape index (κ3) is 3.65. The summed E-state index contributed by atoms with van der Waals surface area (Å²) in [5, 5.41) is 8.95. The molecule has 0 bridgehead atoms. The van der Waals surface area contributed by atoms with Crippen molar-refractivity contribution in [3.63, 3.8) is 0 Å². The highest BCUT2D eigenvalue weighted by Crippen LogP contribution is 2.27. The first-order valence-corrected chi connectivity index (χ1v) is 10.3. The van der Waals surface area contributed by atoms with Crippen molar-refractivity contribution in [2.45, 2.75) is 16.7 Å². The van der Waals surface area contributed by atoms with Crippen LogP contribution in [-0.4, -0.2) is 26.2 Å². The van der Waals surface area contributed by atoms with E-state index >= 15 is 0 Å². The van der Waals surface area contributed by atoms with E-state index in [1.165, 1.54) is 41.7 Å². The quantitative estimate of drug-likeness (QED) is 0.503. The van der Waals surface area contributed by atoms with Gasteiger partial charge in [-0.3, -0.25) is 9.59 Å². The summed E-state index contributed by atoms with van der Waals surface area (Å²) in [5.74, 6) is -1.06. The molecule has 1 aromatic heterocycles. The number of Topliss-reactive ketones (excluding diaryl/α,β-unsaturated/α-hetero) is 1. The third-order valence-corrected chi connectivity index (χ3v) is 6.68. The number of nitrogens with one attached hydrogen (secondary N) is 1. The van der Waals surface area contributed by atoms with Gasteiger partial charge in [-0.25, -0.2) is 8.42 Å². The fourth-order valence-electron chi connectivity index (χ4n) is 2.56. The largest absolute Gasteiger partial charge is 0.305 e. The Kier molecular flexibility index (Phi) is 5.16. The SMILES string of the molecule is Cc1ccc(S(=O)(=O)c2cc(C(=O)c3cccs3)ccc2C(=O)C=N)cc1. The predicted molar refractivity (Wildman–Crippen MR) is 104 cm³/mol. The topological polar surface area (TPSA) is 92.1 Å². The molecule has 2 aromatic carbocycles. The van der Waals surface area contributed by atoms with Gasteiger partial charge in [0.25, 0.3) is 0 Å². The highest BCUT2D eigenvalue weighted by molar-refractivity contribution is 7.91. The van der Waals surface area contributed by atoms with E-state index in [1.54, 1.807) is 29.6 Å². The van der Waals surface area contributed by atoms with Crippen LogP contribution < -0.4 is 0 Å². The van der Waals surface area contributed by atoms with Gasteiger partial charge in [-0.05, 0) is 42.6 Å². The molecule has 0 aliphatic rings. The zero-order valence-electron chi connectivity index (χ0n) is 14.3. The Hall–Kier alpha value is -2.90. The molecule has 5 nitrogen and oxygen atoms in total. The molecular formula is C20H15NO4S2. The molecule has 3 aromatic rings. The van der Waals surface area contributed by atoms with E-state index in [0.717, 1.165) is 5.56 Å². The molecule has 7 heteroatoms. The zero-order chi connectivity index (χ0) is 19.6. The highest BCUT2D eigenvalue weighted by Gasteiger charge is 2.26. The third-order valence-electron chi connectivity index (χ3n) is 4.01. The van der Waals surface area contributed by atoms with Crippen LogP contribution in [0.25, 0.3) is 0 Å². The molecule has 136 valence electrons. The van der Waals surface area contributed by atoms with Gasteiger partial charge in [0.2, 0.25) is 21.4 Å². The van der Waals surface area contributed by atoms with E-state index < -0.39 is 15.6 Å². The summed E-state index contributed by atoms with van der Waals surface area (Å²) in [6.07, 6.45) is 0.560. The summed E-state index contributed by atoms with van der Waals surface area (Å²) in [5.41, 5.74) is 0.935. The maximum atomic E-state index is 13.1. The second kappa shape index (κ2) is 7.38. The first kappa shape index (κ1) is 18.9. The van der Waals surface area contributed by atoms with Crippen LogP contribution in [0.15, 0.2) is 69.8 Å². The minimum Gasteiger partial charge on any atom is -0.305 e. The average molecular weight is 397 g/mol. The van der Waals surface area contributed by atoms with Gasteiger partial charge >= 0.3 is 0 Å². The van der Waals surface area contributed by atoms with Gasteiger partial charge < -0.3 is 5.41 Å². The molecule has 1 N–H and O–H groups in total. The Balaban J connectivity index is 2.20. The second-order valence-electron chi connectivity index (χ2n) is 5.84. The van der Waals surface area contributed by atoms with E-state index in [1.807, 2.05) is 6.92 Å². The molecule has 0 aliphatic heterocycles. The first-order valence-electron chi connectivity index (χ1n) is 7.93. The van der Waals surface area contributed by atoms with E-state index in [0.29, 0.717) is 11.1 Å². The van der Waals surface area contributed by atoms with Gasteiger partial charge in [0.05, 0.1) is 20.9 Å². The van der Waals surface area contributed by atoms with Crippen molar-refractivity contribution < 1.29 is 18.0 Å². The Morgan fingerprint density at radius 3 is 2.33 bits per heavy atom. The van der Waals surface area contributed by atoms with Crippen LogP contribution in [0.4, 0.5) is 0 Å². The number of thiophene rings is 1. The number of ketones is 2. The molecule has 0 spiro atoms. The molecule has 27 heavy (non-hydrogen) atoms. The zero-order valence-corrected chi connectivity index (χ0v) is 15.9. The van der Waals surface area contributed by atoms with Crippen molar-refractivity contribution in [3.05, 3.63) is 81.5 Å². The van der Waals surface area contributed by atoms with Crippen molar-refractivity contribution >= 4 is 39.0 Å². The summed E-state index contributed by atoms with van der Waals surface area (Å²) >= 11 is 1.25. The van der Waals surface area contributed by atoms with E-state index in [2.05, 4.69) is 0 Å². The molecule has 1 heterocycles. The molecule has 0 unspecified atom stereocenters. The number of carbonyl (C=O) groups is 2. The number of aryl methyl sites for hydroxylation is 1. The monoisotopic (exact) mass is 397 g/mol. The predicted octanol–water partition coefficient (Wildman–Crippen LogP) is 3.95. The molecule has 0 amide bonds. The maximum Gasteiger partial charge on any atom is 0.207 e. The van der Waals surface area contributed by atoms with Crippen LogP contribution in [0, 0.1) is 12.3 Å². The number of hydrogen-bond donors (Lipinski definition) is 1. The minimum atomic E-state index is -4.04. The Morgan fingerprint density at radius 1 is 1.04 bits per heavy atom. The standard InChI is InChI=1S/C20H15NO4S2/c1-13-4-7-15(8-5-13)27(24,25)19-11-14(6-9-16(19)17(22)12-21)20(23)18-3-2-10-26-18/h2-12,21H,1H3. The fraction of sp³-hybridized carbons (Fsp3) is 0.0500. The minimum absolute atomic E-state index is 0.0212. The van der Waals surface area contributed by atoms with Gasteiger partial charge in [0, 0.05) is 11.1 Å². The van der Waals surface area contributed by atoms with Crippen LogP contribution in [0.2, 0.25) is 0 Å². The smallest absolute Gasteiger partial charge is 0.207 e. The van der Waals surface area contributed by atoms with Gasteiger partial charge in [0.1, 0.15) is 0 Å². The highest BCUT2D eigenvalue weighted by atomic mass is 32.2. The molecule has 0 saturated carbocycles. The number of rotatable bonds is 6. The van der Waals surface area contributed by atoms with E-state index in [9.17, 15) is 18.0 Å². The summed E-state index contributed by atoms with van der Waals surface area (Å²) in [4.78, 5) is 24.9. The molecule has 3 rings (SSSR count). The lowest BCUT2D eigenvalue weighted by Crippen LogP contribution is -2.12. The van der Waals surface area contributed by atoms with Gasteiger partial charge in [-0.2, -0.15) is 0 Å². The average Bonchev–Trinajstić information content (AvgIpc) is 3.21. The summed E-state index contributed by atoms with van der Waals surface area (Å²) in [7, 11) is -4.04. The fourth-order valence-corrected chi connectivity index (χ4v) is 4.74.